The Labute approximate surface area is 146 Å². The lowest BCUT2D eigenvalue weighted by atomic mass is 10.0. The molecule has 0 aliphatic carbocycles. The number of piperidine rings is 1. The summed E-state index contributed by atoms with van der Waals surface area (Å²) in [4.78, 5) is 33.2. The number of hydrogen-bond acceptors (Lipinski definition) is 5. The van der Waals surface area contributed by atoms with E-state index < -0.39 is 0 Å². The fraction of sp³-hybridized carbons (Fsp3) is 0.389. The van der Waals surface area contributed by atoms with Crippen molar-refractivity contribution in [1.82, 2.24) is 15.3 Å². The molecular formula is C18H22N4O3. The molecule has 25 heavy (non-hydrogen) atoms. The summed E-state index contributed by atoms with van der Waals surface area (Å²) < 4.78 is 5.03. The molecule has 0 bridgehead atoms. The highest BCUT2D eigenvalue weighted by molar-refractivity contribution is 5.94. The zero-order valence-electron chi connectivity index (χ0n) is 14.2. The number of H-pyrrole nitrogens is 1. The maximum Gasteiger partial charge on any atom is 0.253 e. The molecule has 1 fully saturated rings. The third kappa shape index (κ3) is 4.45. The molecule has 2 heterocycles. The third-order valence-electron chi connectivity index (χ3n) is 4.25. The number of benzene rings is 1. The van der Waals surface area contributed by atoms with Crippen LogP contribution in [-0.4, -0.2) is 42.1 Å². The average Bonchev–Trinajstić information content (AvgIpc) is 2.63. The Bertz CT molecular complexity index is 767. The second-order valence-electron chi connectivity index (χ2n) is 6.08. The Hall–Kier alpha value is -2.67. The minimum absolute atomic E-state index is 0.0456. The monoisotopic (exact) mass is 342 g/mol. The largest absolute Gasteiger partial charge is 0.377 e. The number of aromatic amines is 1. The van der Waals surface area contributed by atoms with Gasteiger partial charge in [0.2, 0.25) is 0 Å². The van der Waals surface area contributed by atoms with Crippen molar-refractivity contribution < 1.29 is 9.53 Å². The maximum atomic E-state index is 12.2. The molecule has 132 valence electrons. The summed E-state index contributed by atoms with van der Waals surface area (Å²) in [6.07, 6.45) is 1.62. The average molecular weight is 342 g/mol. The first-order valence-corrected chi connectivity index (χ1v) is 8.36. The van der Waals surface area contributed by atoms with Crippen molar-refractivity contribution in [3.63, 3.8) is 0 Å². The molecule has 1 aliphatic heterocycles. The molecule has 1 saturated heterocycles. The predicted molar refractivity (Wildman–Crippen MR) is 94.7 cm³/mol. The normalized spacial score (nSPS) is 15.2. The summed E-state index contributed by atoms with van der Waals surface area (Å²) in [7, 11) is 1.56. The Morgan fingerprint density at radius 3 is 2.72 bits per heavy atom. The zero-order valence-corrected chi connectivity index (χ0v) is 14.2. The van der Waals surface area contributed by atoms with Crippen molar-refractivity contribution in [2.24, 2.45) is 0 Å². The summed E-state index contributed by atoms with van der Waals surface area (Å²) in [5.74, 6) is 1.13. The van der Waals surface area contributed by atoms with Gasteiger partial charge >= 0.3 is 0 Å². The first-order valence-electron chi connectivity index (χ1n) is 8.36. The lowest BCUT2D eigenvalue weighted by Gasteiger charge is -2.33. The maximum absolute atomic E-state index is 12.2. The van der Waals surface area contributed by atoms with Crippen LogP contribution < -0.4 is 15.8 Å². The van der Waals surface area contributed by atoms with Crippen molar-refractivity contribution in [2.75, 3.05) is 25.1 Å². The van der Waals surface area contributed by atoms with Crippen molar-refractivity contribution in [2.45, 2.75) is 25.5 Å². The molecule has 1 aromatic heterocycles. The summed E-state index contributed by atoms with van der Waals surface area (Å²) >= 11 is 0. The van der Waals surface area contributed by atoms with Gasteiger partial charge in [-0.2, -0.15) is 0 Å². The molecule has 7 heteroatoms. The number of nitrogens with one attached hydrogen (secondary N) is 2. The van der Waals surface area contributed by atoms with Crippen LogP contribution in [-0.2, 0) is 11.3 Å². The number of hydrogen-bond donors (Lipinski definition) is 2. The number of aromatic nitrogens is 2. The van der Waals surface area contributed by atoms with Gasteiger partial charge in [0.15, 0.2) is 0 Å². The minimum Gasteiger partial charge on any atom is -0.377 e. The molecule has 0 spiro atoms. The Kier molecular flexibility index (Phi) is 5.45. The number of carbonyl (C=O) groups excluding carboxylic acids is 1. The fourth-order valence-corrected chi connectivity index (χ4v) is 2.97. The highest BCUT2D eigenvalue weighted by atomic mass is 16.5. The van der Waals surface area contributed by atoms with Gasteiger partial charge in [-0.1, -0.05) is 18.2 Å². The van der Waals surface area contributed by atoms with Gasteiger partial charge in [0.1, 0.15) is 18.2 Å². The van der Waals surface area contributed by atoms with E-state index in [9.17, 15) is 9.59 Å². The highest BCUT2D eigenvalue weighted by Gasteiger charge is 2.22. The Morgan fingerprint density at radius 2 is 2.04 bits per heavy atom. The fourth-order valence-electron chi connectivity index (χ4n) is 2.97. The van der Waals surface area contributed by atoms with E-state index in [-0.39, 0.29) is 24.1 Å². The van der Waals surface area contributed by atoms with E-state index >= 15 is 0 Å². The first-order chi connectivity index (χ1) is 12.2. The molecule has 1 aromatic carbocycles. The lowest BCUT2D eigenvalue weighted by molar-refractivity contribution is 0.0931. The molecular weight excluding hydrogens is 320 g/mol. The molecule has 1 amide bonds. The van der Waals surface area contributed by atoms with Crippen molar-refractivity contribution in [3.8, 4) is 0 Å². The van der Waals surface area contributed by atoms with E-state index in [4.69, 9.17) is 4.74 Å². The quantitative estimate of drug-likeness (QED) is 0.856. The van der Waals surface area contributed by atoms with Gasteiger partial charge in [-0.05, 0) is 25.0 Å². The van der Waals surface area contributed by atoms with E-state index in [1.165, 1.54) is 6.07 Å². The number of ether oxygens (including phenoxy) is 1. The Morgan fingerprint density at radius 1 is 1.32 bits per heavy atom. The molecule has 2 aromatic rings. The molecule has 0 unspecified atom stereocenters. The summed E-state index contributed by atoms with van der Waals surface area (Å²) in [6, 6.07) is 10.8. The van der Waals surface area contributed by atoms with Crippen molar-refractivity contribution >= 4 is 11.7 Å². The van der Waals surface area contributed by atoms with E-state index in [1.54, 1.807) is 7.11 Å². The van der Waals surface area contributed by atoms with Crippen molar-refractivity contribution in [1.29, 1.82) is 0 Å². The number of anilines is 1. The van der Waals surface area contributed by atoms with Gasteiger partial charge in [0.25, 0.3) is 11.5 Å². The van der Waals surface area contributed by atoms with Crippen LogP contribution >= 0.6 is 0 Å². The third-order valence-corrected chi connectivity index (χ3v) is 4.25. The van der Waals surface area contributed by atoms with Gasteiger partial charge in [-0.3, -0.25) is 9.59 Å². The molecule has 0 radical (unpaired) electrons. The standard InChI is InChI=1S/C18H22N4O3/c1-25-12-15-20-16(11-17(23)21-15)22-9-7-14(8-10-22)19-18(24)13-5-3-2-4-6-13/h2-6,11,14H,7-10,12H2,1H3,(H,19,24)(H,20,21,23). The first kappa shape index (κ1) is 17.2. The van der Waals surface area contributed by atoms with Crippen LogP contribution in [0.15, 0.2) is 41.2 Å². The van der Waals surface area contributed by atoms with E-state index in [0.717, 1.165) is 25.9 Å². The summed E-state index contributed by atoms with van der Waals surface area (Å²) in [5, 5.41) is 3.08. The Balaban J connectivity index is 1.59. The van der Waals surface area contributed by atoms with Crippen LogP contribution in [0.5, 0.6) is 0 Å². The van der Waals surface area contributed by atoms with Gasteiger partial charge in [-0.15, -0.1) is 0 Å². The van der Waals surface area contributed by atoms with E-state index in [2.05, 4.69) is 20.2 Å². The van der Waals surface area contributed by atoms with Crippen LogP contribution in [0, 0.1) is 0 Å². The van der Waals surface area contributed by atoms with Crippen LogP contribution in [0.4, 0.5) is 5.82 Å². The summed E-state index contributed by atoms with van der Waals surface area (Å²) in [5.41, 5.74) is 0.488. The number of amides is 1. The zero-order chi connectivity index (χ0) is 17.6. The number of rotatable bonds is 5. The van der Waals surface area contributed by atoms with Gasteiger partial charge in [0.05, 0.1) is 0 Å². The second-order valence-corrected chi connectivity index (χ2v) is 6.08. The van der Waals surface area contributed by atoms with Gasteiger partial charge < -0.3 is 19.9 Å². The van der Waals surface area contributed by atoms with Gasteiger partial charge in [0, 0.05) is 37.9 Å². The number of methoxy groups -OCH3 is 1. The van der Waals surface area contributed by atoms with Crippen molar-refractivity contribution in [3.05, 3.63) is 58.1 Å². The molecule has 2 N–H and O–H groups in total. The molecule has 3 rings (SSSR count). The second kappa shape index (κ2) is 7.94. The number of carbonyl (C=O) groups is 1. The molecule has 0 atom stereocenters. The van der Waals surface area contributed by atoms with Crippen LogP contribution in [0.3, 0.4) is 0 Å². The summed E-state index contributed by atoms with van der Waals surface area (Å²) in [6.45, 7) is 1.75. The molecule has 1 aliphatic rings. The molecule has 0 saturated carbocycles. The van der Waals surface area contributed by atoms with E-state index in [0.29, 0.717) is 17.2 Å². The topological polar surface area (TPSA) is 87.3 Å². The van der Waals surface area contributed by atoms with Crippen LogP contribution in [0.1, 0.15) is 29.0 Å². The number of nitrogens with zero attached hydrogens (tertiary/aromatic N) is 2. The SMILES string of the molecule is COCc1nc(N2CCC(NC(=O)c3ccccc3)CC2)cc(=O)[nH]1. The smallest absolute Gasteiger partial charge is 0.253 e. The minimum atomic E-state index is -0.184. The van der Waals surface area contributed by atoms with Gasteiger partial charge in [-0.25, -0.2) is 4.98 Å². The lowest BCUT2D eigenvalue weighted by Crippen LogP contribution is -2.45. The van der Waals surface area contributed by atoms with Crippen LogP contribution in [0.25, 0.3) is 0 Å². The highest BCUT2D eigenvalue weighted by Crippen LogP contribution is 2.17. The predicted octanol–water partition coefficient (Wildman–Crippen LogP) is 1.32. The molecule has 7 nitrogen and oxygen atoms in total. The van der Waals surface area contributed by atoms with Crippen LogP contribution in [0.2, 0.25) is 0 Å². The van der Waals surface area contributed by atoms with E-state index in [1.807, 2.05) is 30.3 Å².